The second-order valence-electron chi connectivity index (χ2n) is 7.83. The van der Waals surface area contributed by atoms with Gasteiger partial charge in [0.15, 0.2) is 5.76 Å². The zero-order valence-electron chi connectivity index (χ0n) is 17.5. The Morgan fingerprint density at radius 2 is 1.87 bits per heavy atom. The van der Waals surface area contributed by atoms with Crippen LogP contribution < -0.4 is 10.2 Å². The van der Waals surface area contributed by atoms with Crippen LogP contribution in [0.2, 0.25) is 0 Å². The van der Waals surface area contributed by atoms with E-state index in [1.165, 1.54) is 18.1 Å². The molecule has 1 fully saturated rings. The van der Waals surface area contributed by atoms with E-state index in [1.807, 2.05) is 20.8 Å². The molecule has 0 radical (unpaired) electrons. The predicted octanol–water partition coefficient (Wildman–Crippen LogP) is 3.20. The summed E-state index contributed by atoms with van der Waals surface area (Å²) < 4.78 is 5.26. The molecule has 1 unspecified atom stereocenters. The lowest BCUT2D eigenvalue weighted by Gasteiger charge is -2.40. The van der Waals surface area contributed by atoms with Crippen LogP contribution in [0.25, 0.3) is 0 Å². The number of benzene rings is 1. The maximum Gasteiger partial charge on any atom is 0.290 e. The van der Waals surface area contributed by atoms with Gasteiger partial charge in [-0.2, -0.15) is 0 Å². The Bertz CT molecular complexity index is 963. The molecule has 3 rings (SSSR count). The van der Waals surface area contributed by atoms with Crippen molar-refractivity contribution in [3.63, 3.8) is 0 Å². The molecule has 1 N–H and O–H groups in total. The molecular formula is C22H25N3O5. The van der Waals surface area contributed by atoms with Crippen molar-refractivity contribution in [2.24, 2.45) is 0 Å². The molecule has 1 aromatic heterocycles. The van der Waals surface area contributed by atoms with E-state index < -0.39 is 23.4 Å². The van der Waals surface area contributed by atoms with E-state index >= 15 is 0 Å². The smallest absolute Gasteiger partial charge is 0.290 e. The number of hydrogen-bond donors (Lipinski definition) is 1. The quantitative estimate of drug-likeness (QED) is 0.736. The molecule has 1 aliphatic heterocycles. The van der Waals surface area contributed by atoms with Crippen LogP contribution in [0.4, 0.5) is 11.4 Å². The van der Waals surface area contributed by atoms with Gasteiger partial charge in [-0.25, -0.2) is 4.90 Å². The van der Waals surface area contributed by atoms with Crippen LogP contribution in [-0.4, -0.2) is 40.1 Å². The first-order valence-electron chi connectivity index (χ1n) is 9.77. The van der Waals surface area contributed by atoms with Crippen molar-refractivity contribution in [2.45, 2.75) is 52.1 Å². The number of carbonyl (C=O) groups is 4. The summed E-state index contributed by atoms with van der Waals surface area (Å²) in [4.78, 5) is 52.9. The Labute approximate surface area is 174 Å². The standard InChI is InChI=1S/C22H25N3O5/c1-5-22(3,4)25(21(29)18-7-6-12-30-18)17-13-19(27)24(20(17)28)16-10-8-15(9-11-16)23-14(2)26/h6-12,17H,5,13H2,1-4H3,(H,23,26). The van der Waals surface area contributed by atoms with E-state index in [4.69, 9.17) is 4.42 Å². The summed E-state index contributed by atoms with van der Waals surface area (Å²) in [6.45, 7) is 7.03. The Morgan fingerprint density at radius 3 is 2.40 bits per heavy atom. The van der Waals surface area contributed by atoms with E-state index in [1.54, 1.807) is 36.4 Å². The van der Waals surface area contributed by atoms with Crippen molar-refractivity contribution >= 4 is 35.0 Å². The van der Waals surface area contributed by atoms with Gasteiger partial charge < -0.3 is 14.6 Å². The van der Waals surface area contributed by atoms with Crippen LogP contribution >= 0.6 is 0 Å². The number of hydrogen-bond acceptors (Lipinski definition) is 5. The van der Waals surface area contributed by atoms with Gasteiger partial charge in [-0.3, -0.25) is 19.2 Å². The molecule has 1 saturated heterocycles. The van der Waals surface area contributed by atoms with E-state index in [-0.39, 0.29) is 24.0 Å². The summed E-state index contributed by atoms with van der Waals surface area (Å²) in [6, 6.07) is 8.63. The highest BCUT2D eigenvalue weighted by molar-refractivity contribution is 6.23. The molecule has 30 heavy (non-hydrogen) atoms. The minimum Gasteiger partial charge on any atom is -0.459 e. The predicted molar refractivity (Wildman–Crippen MR) is 111 cm³/mol. The lowest BCUT2D eigenvalue weighted by atomic mass is 9.95. The van der Waals surface area contributed by atoms with Crippen molar-refractivity contribution in [2.75, 3.05) is 10.2 Å². The zero-order valence-corrected chi connectivity index (χ0v) is 17.5. The Morgan fingerprint density at radius 1 is 1.20 bits per heavy atom. The fourth-order valence-electron chi connectivity index (χ4n) is 3.51. The first kappa shape index (κ1) is 21.3. The average molecular weight is 411 g/mol. The number of furan rings is 1. The van der Waals surface area contributed by atoms with Crippen LogP contribution in [0, 0.1) is 0 Å². The Balaban J connectivity index is 1.92. The molecule has 158 valence electrons. The largest absolute Gasteiger partial charge is 0.459 e. The molecule has 0 spiro atoms. The molecule has 1 atom stereocenters. The first-order chi connectivity index (χ1) is 14.2. The lowest BCUT2D eigenvalue weighted by molar-refractivity contribution is -0.123. The molecule has 8 nitrogen and oxygen atoms in total. The summed E-state index contributed by atoms with van der Waals surface area (Å²) >= 11 is 0. The minimum atomic E-state index is -0.930. The van der Waals surface area contributed by atoms with Gasteiger partial charge in [-0.1, -0.05) is 6.92 Å². The normalized spacial score (nSPS) is 16.7. The van der Waals surface area contributed by atoms with Gasteiger partial charge in [-0.05, 0) is 56.7 Å². The molecule has 1 aromatic carbocycles. The summed E-state index contributed by atoms with van der Waals surface area (Å²) in [5.74, 6) is -1.38. The fourth-order valence-corrected chi connectivity index (χ4v) is 3.51. The highest BCUT2D eigenvalue weighted by Crippen LogP contribution is 2.32. The van der Waals surface area contributed by atoms with Crippen LogP contribution in [0.1, 0.15) is 51.1 Å². The third-order valence-electron chi connectivity index (χ3n) is 5.35. The monoisotopic (exact) mass is 411 g/mol. The molecular weight excluding hydrogens is 386 g/mol. The van der Waals surface area contributed by atoms with Crippen LogP contribution in [0.15, 0.2) is 47.1 Å². The summed E-state index contributed by atoms with van der Waals surface area (Å²) in [5.41, 5.74) is 0.278. The van der Waals surface area contributed by atoms with Crippen LogP contribution in [-0.2, 0) is 14.4 Å². The lowest BCUT2D eigenvalue weighted by Crippen LogP contribution is -2.55. The maximum atomic E-state index is 13.3. The molecule has 2 heterocycles. The van der Waals surface area contributed by atoms with Crippen molar-refractivity contribution in [1.29, 1.82) is 0 Å². The summed E-state index contributed by atoms with van der Waals surface area (Å²) in [6.07, 6.45) is 1.87. The maximum absolute atomic E-state index is 13.3. The van der Waals surface area contributed by atoms with Gasteiger partial charge in [0.05, 0.1) is 18.4 Å². The number of nitrogens with zero attached hydrogens (tertiary/aromatic N) is 2. The van der Waals surface area contributed by atoms with E-state index in [2.05, 4.69) is 5.32 Å². The SMILES string of the molecule is CCC(C)(C)N(C(=O)c1ccco1)C1CC(=O)N(c2ccc(NC(C)=O)cc2)C1=O. The number of rotatable bonds is 6. The first-order valence-corrected chi connectivity index (χ1v) is 9.77. The highest BCUT2D eigenvalue weighted by atomic mass is 16.3. The molecule has 0 bridgehead atoms. The molecule has 2 aromatic rings. The van der Waals surface area contributed by atoms with Crippen molar-refractivity contribution in [1.82, 2.24) is 4.90 Å². The van der Waals surface area contributed by atoms with E-state index in [0.717, 1.165) is 4.90 Å². The number of carbonyl (C=O) groups excluding carboxylic acids is 4. The zero-order chi connectivity index (χ0) is 22.1. The summed E-state index contributed by atoms with van der Waals surface area (Å²) in [5, 5.41) is 2.64. The average Bonchev–Trinajstić information content (AvgIpc) is 3.31. The van der Waals surface area contributed by atoms with Crippen LogP contribution in [0.3, 0.4) is 0 Å². The van der Waals surface area contributed by atoms with Gasteiger partial charge in [0.25, 0.3) is 11.8 Å². The summed E-state index contributed by atoms with van der Waals surface area (Å²) in [7, 11) is 0. The molecule has 1 aliphatic rings. The molecule has 0 aliphatic carbocycles. The Kier molecular flexibility index (Phi) is 5.78. The van der Waals surface area contributed by atoms with Gasteiger partial charge in [0.1, 0.15) is 6.04 Å². The second kappa shape index (κ2) is 8.14. The third kappa shape index (κ3) is 3.98. The van der Waals surface area contributed by atoms with Crippen LogP contribution in [0.5, 0.6) is 0 Å². The molecule has 4 amide bonds. The van der Waals surface area contributed by atoms with E-state index in [0.29, 0.717) is 17.8 Å². The van der Waals surface area contributed by atoms with Gasteiger partial charge in [0.2, 0.25) is 11.8 Å². The third-order valence-corrected chi connectivity index (χ3v) is 5.35. The molecule has 0 saturated carbocycles. The van der Waals surface area contributed by atoms with Gasteiger partial charge in [-0.15, -0.1) is 0 Å². The van der Waals surface area contributed by atoms with Crippen molar-refractivity contribution in [3.8, 4) is 0 Å². The number of amides is 4. The van der Waals surface area contributed by atoms with Gasteiger partial charge >= 0.3 is 0 Å². The second-order valence-corrected chi connectivity index (χ2v) is 7.83. The van der Waals surface area contributed by atoms with E-state index in [9.17, 15) is 19.2 Å². The topological polar surface area (TPSA) is 99.9 Å². The molecule has 8 heteroatoms. The fraction of sp³-hybridized carbons (Fsp3) is 0.364. The highest BCUT2D eigenvalue weighted by Gasteiger charge is 2.48. The van der Waals surface area contributed by atoms with Crippen molar-refractivity contribution < 1.29 is 23.6 Å². The van der Waals surface area contributed by atoms with Gasteiger partial charge in [0, 0.05) is 18.2 Å². The minimum absolute atomic E-state index is 0.109. The van der Waals surface area contributed by atoms with Crippen molar-refractivity contribution in [3.05, 3.63) is 48.4 Å². The Hall–Kier alpha value is -3.42. The number of anilines is 2. The number of imide groups is 1. The number of nitrogens with one attached hydrogen (secondary N) is 1.